The highest BCUT2D eigenvalue weighted by atomic mass is 32.1. The molecule has 2 aromatic heterocycles. The van der Waals surface area contributed by atoms with E-state index in [9.17, 15) is 14.4 Å². The largest absolute Gasteiger partial charge is 0.464 e. The number of furan rings is 1. The number of carbonyl (C=O) groups is 3. The van der Waals surface area contributed by atoms with Gasteiger partial charge in [0.25, 0.3) is 17.7 Å². The number of nitrogens with two attached hydrogens (primary N) is 1. The van der Waals surface area contributed by atoms with Crippen molar-refractivity contribution in [2.24, 2.45) is 0 Å². The molecule has 5 rings (SSSR count). The van der Waals surface area contributed by atoms with Crippen molar-refractivity contribution < 1.29 is 23.5 Å². The first kappa shape index (κ1) is 28.8. The standard InChI is InChI=1S/C30H37N5O5S/c1-18-8-6-11-21(16-18)35(26(23-14-13-19(2)40-23)29(37)32-17-22-12-7-15-39-22)30(38)27-24(31)25(34-41-27)28(36)33-20-9-4-3-5-10-20/h6,8,11,13-14,16,20,22,26H,3-5,7,9-10,12,15,17,31H2,1-2H3,(H,32,37)(H,33,36)/t22-,26+/m0/s1. The fourth-order valence-corrected chi connectivity index (χ4v) is 6.21. The molecule has 10 nitrogen and oxygen atoms in total. The molecule has 0 radical (unpaired) electrons. The van der Waals surface area contributed by atoms with Crippen molar-refractivity contribution in [2.45, 2.75) is 77.0 Å². The van der Waals surface area contributed by atoms with Crippen LogP contribution < -0.4 is 21.3 Å². The van der Waals surface area contributed by atoms with Crippen LogP contribution in [0.3, 0.4) is 0 Å². The normalized spacial score (nSPS) is 18.1. The minimum absolute atomic E-state index is 0.0000942. The Hall–Kier alpha value is -3.70. The van der Waals surface area contributed by atoms with Crippen LogP contribution in [0.2, 0.25) is 0 Å². The number of aromatic nitrogens is 1. The number of anilines is 2. The Labute approximate surface area is 243 Å². The van der Waals surface area contributed by atoms with Gasteiger partial charge in [-0.15, -0.1) is 0 Å². The molecule has 11 heteroatoms. The van der Waals surface area contributed by atoms with E-state index in [2.05, 4.69) is 15.0 Å². The molecule has 2 aliphatic rings. The minimum Gasteiger partial charge on any atom is -0.464 e. The van der Waals surface area contributed by atoms with Crippen LogP contribution in [0.25, 0.3) is 0 Å². The maximum atomic E-state index is 14.3. The van der Waals surface area contributed by atoms with Crippen LogP contribution in [0.15, 0.2) is 40.8 Å². The number of nitrogens with zero attached hydrogens (tertiary/aromatic N) is 2. The van der Waals surface area contributed by atoms with Crippen molar-refractivity contribution in [1.29, 1.82) is 0 Å². The summed E-state index contributed by atoms with van der Waals surface area (Å²) in [7, 11) is 0. The Kier molecular flexibility index (Phi) is 9.04. The van der Waals surface area contributed by atoms with Gasteiger partial charge >= 0.3 is 0 Å². The molecule has 3 amide bonds. The number of benzene rings is 1. The molecule has 1 aliphatic carbocycles. The summed E-state index contributed by atoms with van der Waals surface area (Å²) in [5.41, 5.74) is 7.84. The SMILES string of the molecule is Cc1cccc(N(C(=O)c2snc(C(=O)NC3CCCCC3)c2N)[C@@H](C(=O)NC[C@@H]2CCCO2)c2ccc(C)o2)c1. The second-order valence-corrected chi connectivity index (χ2v) is 11.6. The van der Waals surface area contributed by atoms with Crippen LogP contribution in [0.4, 0.5) is 11.4 Å². The Morgan fingerprint density at radius 3 is 2.59 bits per heavy atom. The summed E-state index contributed by atoms with van der Waals surface area (Å²) in [5, 5.41) is 5.98. The van der Waals surface area contributed by atoms with E-state index >= 15 is 0 Å². The molecule has 1 saturated heterocycles. The molecular formula is C30H37N5O5S. The second-order valence-electron chi connectivity index (χ2n) is 10.8. The lowest BCUT2D eigenvalue weighted by Crippen LogP contribution is -2.45. The molecule has 41 heavy (non-hydrogen) atoms. The van der Waals surface area contributed by atoms with E-state index in [-0.39, 0.29) is 34.3 Å². The van der Waals surface area contributed by atoms with E-state index in [1.54, 1.807) is 25.1 Å². The van der Waals surface area contributed by atoms with Crippen molar-refractivity contribution in [1.82, 2.24) is 15.0 Å². The number of carbonyl (C=O) groups excluding carboxylic acids is 3. The first-order valence-electron chi connectivity index (χ1n) is 14.2. The molecule has 1 saturated carbocycles. The highest BCUT2D eigenvalue weighted by molar-refractivity contribution is 7.09. The average Bonchev–Trinajstić information content (AvgIpc) is 3.72. The number of aryl methyl sites for hydroxylation is 2. The van der Waals surface area contributed by atoms with Gasteiger partial charge in [-0.2, -0.15) is 4.37 Å². The van der Waals surface area contributed by atoms with Gasteiger partial charge in [-0.05, 0) is 80.9 Å². The first-order chi connectivity index (χ1) is 19.8. The van der Waals surface area contributed by atoms with Gasteiger partial charge in [-0.3, -0.25) is 19.3 Å². The number of amides is 3. The van der Waals surface area contributed by atoms with E-state index < -0.39 is 17.9 Å². The number of nitrogens with one attached hydrogen (secondary N) is 2. The van der Waals surface area contributed by atoms with Crippen LogP contribution in [0, 0.1) is 13.8 Å². The predicted octanol–water partition coefficient (Wildman–Crippen LogP) is 4.68. The van der Waals surface area contributed by atoms with Crippen LogP contribution in [-0.4, -0.2) is 47.4 Å². The highest BCUT2D eigenvalue weighted by Gasteiger charge is 2.38. The molecule has 3 aromatic rings. The fourth-order valence-electron chi connectivity index (χ4n) is 5.48. The topological polar surface area (TPSA) is 140 Å². The molecule has 2 fully saturated rings. The lowest BCUT2D eigenvalue weighted by molar-refractivity contribution is -0.123. The quantitative estimate of drug-likeness (QED) is 0.334. The lowest BCUT2D eigenvalue weighted by atomic mass is 9.95. The Morgan fingerprint density at radius 2 is 1.90 bits per heavy atom. The molecule has 218 valence electrons. The highest BCUT2D eigenvalue weighted by Crippen LogP contribution is 2.34. The maximum absolute atomic E-state index is 14.3. The van der Waals surface area contributed by atoms with Crippen molar-refractivity contribution in [3.8, 4) is 0 Å². The van der Waals surface area contributed by atoms with E-state index in [4.69, 9.17) is 14.9 Å². The fraction of sp³-hybridized carbons (Fsp3) is 0.467. The van der Waals surface area contributed by atoms with Gasteiger partial charge in [0, 0.05) is 24.9 Å². The van der Waals surface area contributed by atoms with Crippen molar-refractivity contribution in [3.05, 3.63) is 64.1 Å². The molecular weight excluding hydrogens is 542 g/mol. The predicted molar refractivity (Wildman–Crippen MR) is 157 cm³/mol. The zero-order chi connectivity index (χ0) is 28.9. The van der Waals surface area contributed by atoms with Gasteiger partial charge in [0.05, 0.1) is 11.8 Å². The molecule has 1 aromatic carbocycles. The first-order valence-corrected chi connectivity index (χ1v) is 15.0. The summed E-state index contributed by atoms with van der Waals surface area (Å²) in [6, 6.07) is 9.68. The van der Waals surface area contributed by atoms with Crippen molar-refractivity contribution in [2.75, 3.05) is 23.8 Å². The van der Waals surface area contributed by atoms with E-state index in [1.165, 1.54) is 4.90 Å². The van der Waals surface area contributed by atoms with Gasteiger partial charge in [0.2, 0.25) is 0 Å². The minimum atomic E-state index is -1.14. The Morgan fingerprint density at radius 1 is 1.10 bits per heavy atom. The van der Waals surface area contributed by atoms with E-state index in [0.717, 1.165) is 62.0 Å². The van der Waals surface area contributed by atoms with Gasteiger partial charge in [-0.25, -0.2) is 0 Å². The van der Waals surface area contributed by atoms with Crippen molar-refractivity contribution in [3.63, 3.8) is 0 Å². The van der Waals surface area contributed by atoms with Gasteiger partial charge in [-0.1, -0.05) is 31.4 Å². The van der Waals surface area contributed by atoms with Crippen LogP contribution in [0.5, 0.6) is 0 Å². The smallest absolute Gasteiger partial charge is 0.273 e. The summed E-state index contributed by atoms with van der Waals surface area (Å²) in [6.45, 7) is 4.67. The zero-order valence-corrected chi connectivity index (χ0v) is 24.3. The molecule has 4 N–H and O–H groups in total. The number of rotatable bonds is 9. The Bertz CT molecular complexity index is 1390. The number of ether oxygens (including phenoxy) is 1. The summed E-state index contributed by atoms with van der Waals surface area (Å²) in [6.07, 6.45) is 6.83. The van der Waals surface area contributed by atoms with Gasteiger partial charge in [0.15, 0.2) is 11.7 Å². The van der Waals surface area contributed by atoms with Gasteiger partial charge in [0.1, 0.15) is 16.4 Å². The monoisotopic (exact) mass is 579 g/mol. The summed E-state index contributed by atoms with van der Waals surface area (Å²) < 4.78 is 15.9. The number of nitrogen functional groups attached to an aromatic ring is 1. The molecule has 0 spiro atoms. The maximum Gasteiger partial charge on any atom is 0.273 e. The lowest BCUT2D eigenvalue weighted by Gasteiger charge is -2.30. The zero-order valence-electron chi connectivity index (χ0n) is 23.5. The van der Waals surface area contributed by atoms with Crippen molar-refractivity contribution >= 4 is 40.6 Å². The Balaban J connectivity index is 1.49. The average molecular weight is 580 g/mol. The molecule has 1 aliphatic heterocycles. The van der Waals surface area contributed by atoms with E-state index in [0.29, 0.717) is 30.4 Å². The third kappa shape index (κ3) is 6.62. The molecule has 0 bridgehead atoms. The molecule has 2 atom stereocenters. The van der Waals surface area contributed by atoms with Crippen LogP contribution in [0.1, 0.15) is 88.2 Å². The summed E-state index contributed by atoms with van der Waals surface area (Å²) in [4.78, 5) is 42.7. The molecule has 3 heterocycles. The third-order valence-electron chi connectivity index (χ3n) is 7.64. The van der Waals surface area contributed by atoms with Crippen LogP contribution >= 0.6 is 11.5 Å². The van der Waals surface area contributed by atoms with Gasteiger partial charge < -0.3 is 25.5 Å². The second kappa shape index (κ2) is 12.9. The number of hydrogen-bond donors (Lipinski definition) is 3. The molecule has 0 unspecified atom stereocenters. The summed E-state index contributed by atoms with van der Waals surface area (Å²) >= 11 is 0.856. The summed E-state index contributed by atoms with van der Waals surface area (Å²) in [5.74, 6) is -0.441. The number of hydrogen-bond acceptors (Lipinski definition) is 8. The van der Waals surface area contributed by atoms with Crippen LogP contribution in [-0.2, 0) is 9.53 Å². The third-order valence-corrected chi connectivity index (χ3v) is 8.49. The van der Waals surface area contributed by atoms with E-state index in [1.807, 2.05) is 25.1 Å².